The second-order valence-corrected chi connectivity index (χ2v) is 6.40. The lowest BCUT2D eigenvalue weighted by molar-refractivity contribution is -0.131. The summed E-state index contributed by atoms with van der Waals surface area (Å²) < 4.78 is 0. The lowest BCUT2D eigenvalue weighted by Crippen LogP contribution is -2.43. The quantitative estimate of drug-likeness (QED) is 0.843. The van der Waals surface area contributed by atoms with Crippen molar-refractivity contribution in [2.45, 2.75) is 12.2 Å². The Labute approximate surface area is 128 Å². The van der Waals surface area contributed by atoms with Gasteiger partial charge in [-0.05, 0) is 23.8 Å². The van der Waals surface area contributed by atoms with Crippen LogP contribution in [0.4, 0.5) is 10.5 Å². The number of carbonyl (C=O) groups excluding carboxylic acids is 1. The number of benzene rings is 1. The number of nitrogens with one attached hydrogen (secondary N) is 1. The molecule has 1 saturated heterocycles. The Balaban J connectivity index is 2.00. The van der Waals surface area contributed by atoms with Gasteiger partial charge in [0.2, 0.25) is 0 Å². The van der Waals surface area contributed by atoms with Crippen LogP contribution in [0, 0.1) is 0 Å². The highest BCUT2D eigenvalue weighted by atomic mass is 32.2. The summed E-state index contributed by atoms with van der Waals surface area (Å²) in [7, 11) is 0. The zero-order valence-electron chi connectivity index (χ0n) is 11.8. The van der Waals surface area contributed by atoms with Crippen LogP contribution < -0.4 is 5.32 Å². The number of hydrogen-bond acceptors (Lipinski definition) is 3. The third-order valence-electron chi connectivity index (χ3n) is 3.08. The first kappa shape index (κ1) is 15.4. The smallest absolute Gasteiger partial charge is 0.328 e. The van der Waals surface area contributed by atoms with Crippen LogP contribution in [0.1, 0.15) is 12.5 Å². The molecule has 0 aromatic heterocycles. The maximum Gasteiger partial charge on any atom is 0.328 e. The van der Waals surface area contributed by atoms with Crippen LogP contribution in [0.3, 0.4) is 0 Å². The van der Waals surface area contributed by atoms with Crippen LogP contribution >= 0.6 is 11.8 Å². The van der Waals surface area contributed by atoms with Crippen molar-refractivity contribution in [1.82, 2.24) is 4.90 Å². The fourth-order valence-corrected chi connectivity index (χ4v) is 3.11. The van der Waals surface area contributed by atoms with Gasteiger partial charge in [0.05, 0.1) is 0 Å². The van der Waals surface area contributed by atoms with Crippen LogP contribution in [0.5, 0.6) is 0 Å². The van der Waals surface area contributed by atoms with Gasteiger partial charge in [0.15, 0.2) is 0 Å². The Morgan fingerprint density at radius 3 is 3.00 bits per heavy atom. The van der Waals surface area contributed by atoms with Crippen molar-refractivity contribution in [1.29, 1.82) is 0 Å². The Morgan fingerprint density at radius 1 is 1.48 bits per heavy atom. The maximum atomic E-state index is 12.2. The van der Waals surface area contributed by atoms with Gasteiger partial charge in [-0.25, -0.2) is 9.59 Å². The molecule has 6 heteroatoms. The number of nitrogens with zero attached hydrogens (tertiary/aromatic N) is 1. The summed E-state index contributed by atoms with van der Waals surface area (Å²) in [5.74, 6) is -0.0417. The molecule has 0 bridgehead atoms. The summed E-state index contributed by atoms with van der Waals surface area (Å²) in [6.07, 6.45) is 2.57. The second kappa shape index (κ2) is 7.17. The lowest BCUT2D eigenvalue weighted by Gasteiger charge is -2.30. The third-order valence-corrected chi connectivity index (χ3v) is 4.22. The summed E-state index contributed by atoms with van der Waals surface area (Å²) in [5, 5.41) is 11.9. The van der Waals surface area contributed by atoms with Gasteiger partial charge >= 0.3 is 12.0 Å². The summed E-state index contributed by atoms with van der Waals surface area (Å²) >= 11 is 1.87. The van der Waals surface area contributed by atoms with Gasteiger partial charge in [-0.15, -0.1) is 0 Å². The molecule has 5 nitrogen and oxygen atoms in total. The number of anilines is 1. The SMILES string of the molecule is CC1CN(C(=O)Nc2cccc(/C=C/C(=O)O)c2)CCS1. The summed E-state index contributed by atoms with van der Waals surface area (Å²) in [4.78, 5) is 24.5. The molecule has 21 heavy (non-hydrogen) atoms. The molecule has 2 N–H and O–H groups in total. The first-order chi connectivity index (χ1) is 10.0. The lowest BCUT2D eigenvalue weighted by atomic mass is 10.2. The van der Waals surface area contributed by atoms with Crippen LogP contribution in [-0.4, -0.2) is 46.1 Å². The number of carbonyl (C=O) groups is 2. The van der Waals surface area contributed by atoms with Crippen LogP contribution in [0.25, 0.3) is 6.08 Å². The Morgan fingerprint density at radius 2 is 2.29 bits per heavy atom. The van der Waals surface area contributed by atoms with E-state index in [0.717, 1.165) is 30.5 Å². The van der Waals surface area contributed by atoms with E-state index >= 15 is 0 Å². The number of aliphatic carboxylic acids is 1. The Bertz CT molecular complexity index is 560. The second-order valence-electron chi connectivity index (χ2n) is 4.85. The number of urea groups is 1. The molecule has 0 spiro atoms. The molecule has 1 aromatic carbocycles. The molecule has 2 amide bonds. The predicted octanol–water partition coefficient (Wildman–Crippen LogP) is 2.75. The number of amides is 2. The van der Waals surface area contributed by atoms with E-state index in [0.29, 0.717) is 10.9 Å². The molecule has 1 aliphatic heterocycles. The van der Waals surface area contributed by atoms with E-state index in [1.165, 1.54) is 6.08 Å². The van der Waals surface area contributed by atoms with E-state index < -0.39 is 5.97 Å². The molecular weight excluding hydrogens is 288 g/mol. The Hall–Kier alpha value is -1.95. The number of rotatable bonds is 3. The van der Waals surface area contributed by atoms with Gasteiger partial charge in [0.1, 0.15) is 0 Å². The molecule has 1 aromatic rings. The highest BCUT2D eigenvalue weighted by Gasteiger charge is 2.21. The van der Waals surface area contributed by atoms with E-state index in [4.69, 9.17) is 5.11 Å². The van der Waals surface area contributed by atoms with E-state index in [1.54, 1.807) is 29.2 Å². The number of carboxylic acid groups (broad SMARTS) is 1. The highest BCUT2D eigenvalue weighted by Crippen LogP contribution is 2.19. The maximum absolute atomic E-state index is 12.2. The molecule has 112 valence electrons. The fourth-order valence-electron chi connectivity index (χ4n) is 2.09. The van der Waals surface area contributed by atoms with Crippen LogP contribution in [0.2, 0.25) is 0 Å². The minimum Gasteiger partial charge on any atom is -0.478 e. The van der Waals surface area contributed by atoms with Crippen molar-refractivity contribution in [2.75, 3.05) is 24.2 Å². The van der Waals surface area contributed by atoms with Gasteiger partial charge in [-0.2, -0.15) is 11.8 Å². The zero-order valence-corrected chi connectivity index (χ0v) is 12.6. The molecule has 1 aliphatic rings. The van der Waals surface area contributed by atoms with Crippen LogP contribution in [-0.2, 0) is 4.79 Å². The van der Waals surface area contributed by atoms with Gasteiger partial charge in [-0.1, -0.05) is 19.1 Å². The van der Waals surface area contributed by atoms with Gasteiger partial charge in [0, 0.05) is 35.9 Å². The number of thioether (sulfide) groups is 1. The van der Waals surface area contributed by atoms with Gasteiger partial charge in [0.25, 0.3) is 0 Å². The first-order valence-corrected chi connectivity index (χ1v) is 7.78. The van der Waals surface area contributed by atoms with Crippen molar-refractivity contribution in [3.05, 3.63) is 35.9 Å². The normalized spacial score (nSPS) is 18.7. The number of hydrogen-bond donors (Lipinski definition) is 2. The third kappa shape index (κ3) is 4.82. The topological polar surface area (TPSA) is 69.6 Å². The molecule has 1 unspecified atom stereocenters. The van der Waals surface area contributed by atoms with Crippen LogP contribution in [0.15, 0.2) is 30.3 Å². The predicted molar refractivity (Wildman–Crippen MR) is 85.6 cm³/mol. The minimum atomic E-state index is -0.996. The zero-order chi connectivity index (χ0) is 15.2. The minimum absolute atomic E-state index is 0.110. The van der Waals surface area contributed by atoms with E-state index in [1.807, 2.05) is 11.8 Å². The summed E-state index contributed by atoms with van der Waals surface area (Å²) in [6.45, 7) is 3.61. The van der Waals surface area contributed by atoms with E-state index in [2.05, 4.69) is 12.2 Å². The molecule has 1 fully saturated rings. The Kier molecular flexibility index (Phi) is 5.27. The van der Waals surface area contributed by atoms with Crippen molar-refractivity contribution < 1.29 is 14.7 Å². The number of carboxylic acids is 1. The molecule has 2 rings (SSSR count). The summed E-state index contributed by atoms with van der Waals surface area (Å²) in [5.41, 5.74) is 1.40. The fraction of sp³-hybridized carbons (Fsp3) is 0.333. The largest absolute Gasteiger partial charge is 0.478 e. The first-order valence-electron chi connectivity index (χ1n) is 6.73. The molecule has 1 heterocycles. The average Bonchev–Trinajstić information content (AvgIpc) is 2.45. The van der Waals surface area contributed by atoms with Gasteiger partial charge < -0.3 is 15.3 Å². The summed E-state index contributed by atoms with van der Waals surface area (Å²) in [6, 6.07) is 7.00. The molecule has 1 atom stereocenters. The average molecular weight is 306 g/mol. The molecule has 0 aliphatic carbocycles. The molecular formula is C15H18N2O3S. The molecule has 0 radical (unpaired) electrons. The van der Waals surface area contributed by atoms with Crippen molar-refractivity contribution in [3.8, 4) is 0 Å². The van der Waals surface area contributed by atoms with Crippen molar-refractivity contribution >= 4 is 35.5 Å². The van der Waals surface area contributed by atoms with Crippen molar-refractivity contribution in [3.63, 3.8) is 0 Å². The van der Waals surface area contributed by atoms with E-state index in [-0.39, 0.29) is 6.03 Å². The van der Waals surface area contributed by atoms with Crippen molar-refractivity contribution in [2.24, 2.45) is 0 Å². The highest BCUT2D eigenvalue weighted by molar-refractivity contribution is 7.99. The molecule has 0 saturated carbocycles. The standard InChI is InChI=1S/C15H18N2O3S/c1-11-10-17(7-8-21-11)15(20)16-13-4-2-3-12(9-13)5-6-14(18)19/h2-6,9,11H,7-8,10H2,1H3,(H,16,20)(H,18,19)/b6-5+. The van der Waals surface area contributed by atoms with Gasteiger partial charge in [-0.3, -0.25) is 0 Å². The monoisotopic (exact) mass is 306 g/mol. The van der Waals surface area contributed by atoms with E-state index in [9.17, 15) is 9.59 Å².